The first-order chi connectivity index (χ1) is 8.22. The second-order valence-corrected chi connectivity index (χ2v) is 4.56. The lowest BCUT2D eigenvalue weighted by molar-refractivity contribution is 0.293. The summed E-state index contributed by atoms with van der Waals surface area (Å²) in [7, 11) is 0. The van der Waals surface area contributed by atoms with Crippen molar-refractivity contribution in [3.05, 3.63) is 17.3 Å². The van der Waals surface area contributed by atoms with Crippen LogP contribution < -0.4 is 10.5 Å². The van der Waals surface area contributed by atoms with Crippen molar-refractivity contribution in [1.29, 1.82) is 0 Å². The van der Waals surface area contributed by atoms with Crippen molar-refractivity contribution in [2.45, 2.75) is 45.4 Å². The number of aromatic nitrogens is 1. The summed E-state index contributed by atoms with van der Waals surface area (Å²) in [6.07, 6.45) is 7.46. The Morgan fingerprint density at radius 1 is 1.18 bits per heavy atom. The van der Waals surface area contributed by atoms with Gasteiger partial charge in [0.1, 0.15) is 5.15 Å². The lowest BCUT2D eigenvalue weighted by atomic mass is 10.1. The molecule has 0 unspecified atom stereocenters. The number of hydrogen-bond acceptors (Lipinski definition) is 3. The van der Waals surface area contributed by atoms with Crippen LogP contribution in [0.1, 0.15) is 45.4 Å². The van der Waals surface area contributed by atoms with Gasteiger partial charge < -0.3 is 10.5 Å². The molecule has 0 aliphatic carbocycles. The van der Waals surface area contributed by atoms with Crippen LogP contribution in [-0.2, 0) is 0 Å². The number of unbranched alkanes of at least 4 members (excludes halogenated alkanes) is 5. The minimum atomic E-state index is 0.378. The Balaban J connectivity index is 2.13. The van der Waals surface area contributed by atoms with Gasteiger partial charge in [-0.15, -0.1) is 0 Å². The van der Waals surface area contributed by atoms with Crippen molar-refractivity contribution in [2.24, 2.45) is 0 Å². The summed E-state index contributed by atoms with van der Waals surface area (Å²) in [6, 6.07) is 3.31. The lowest BCUT2D eigenvalue weighted by Gasteiger charge is -2.06. The SMILES string of the molecule is CCCCCCCCOc1cc(N)cc(Cl)n1. The van der Waals surface area contributed by atoms with Crippen molar-refractivity contribution in [2.75, 3.05) is 12.3 Å². The smallest absolute Gasteiger partial charge is 0.216 e. The molecule has 0 bridgehead atoms. The zero-order valence-electron chi connectivity index (χ0n) is 10.4. The third-order valence-electron chi connectivity index (χ3n) is 2.54. The summed E-state index contributed by atoms with van der Waals surface area (Å²) in [5, 5.41) is 0.378. The Morgan fingerprint density at radius 2 is 1.88 bits per heavy atom. The van der Waals surface area contributed by atoms with Crippen LogP contribution >= 0.6 is 11.6 Å². The quantitative estimate of drug-likeness (QED) is 0.564. The minimum Gasteiger partial charge on any atom is -0.478 e. The van der Waals surface area contributed by atoms with E-state index in [2.05, 4.69) is 11.9 Å². The zero-order valence-corrected chi connectivity index (χ0v) is 11.2. The Kier molecular flexibility index (Phi) is 6.78. The number of pyridine rings is 1. The van der Waals surface area contributed by atoms with E-state index in [0.29, 0.717) is 23.3 Å². The van der Waals surface area contributed by atoms with Gasteiger partial charge >= 0.3 is 0 Å². The van der Waals surface area contributed by atoms with Gasteiger partial charge in [-0.1, -0.05) is 50.6 Å². The van der Waals surface area contributed by atoms with Crippen molar-refractivity contribution in [3.8, 4) is 5.88 Å². The van der Waals surface area contributed by atoms with E-state index in [9.17, 15) is 0 Å². The van der Waals surface area contributed by atoms with Gasteiger partial charge in [-0.25, -0.2) is 4.98 Å². The summed E-state index contributed by atoms with van der Waals surface area (Å²) in [5.74, 6) is 0.517. The fraction of sp³-hybridized carbons (Fsp3) is 0.615. The van der Waals surface area contributed by atoms with Gasteiger partial charge in [0.05, 0.1) is 6.61 Å². The first kappa shape index (κ1) is 14.1. The summed E-state index contributed by atoms with van der Waals surface area (Å²) >= 11 is 5.78. The molecule has 0 saturated heterocycles. The molecule has 0 aromatic carbocycles. The number of anilines is 1. The maximum Gasteiger partial charge on any atom is 0.216 e. The van der Waals surface area contributed by atoms with E-state index in [0.717, 1.165) is 6.42 Å². The first-order valence-corrected chi connectivity index (χ1v) is 6.66. The van der Waals surface area contributed by atoms with Gasteiger partial charge in [0.15, 0.2) is 0 Å². The number of nitrogens with two attached hydrogens (primary N) is 1. The van der Waals surface area contributed by atoms with E-state index >= 15 is 0 Å². The van der Waals surface area contributed by atoms with Crippen molar-refractivity contribution in [1.82, 2.24) is 4.98 Å². The number of nitrogens with zero attached hydrogens (tertiary/aromatic N) is 1. The molecule has 1 heterocycles. The van der Waals surface area contributed by atoms with Gasteiger partial charge in [-0.2, -0.15) is 0 Å². The molecular weight excluding hydrogens is 236 g/mol. The van der Waals surface area contributed by atoms with E-state index in [4.69, 9.17) is 22.1 Å². The van der Waals surface area contributed by atoms with Crippen molar-refractivity contribution < 1.29 is 4.74 Å². The molecule has 0 saturated carbocycles. The molecule has 1 rings (SSSR count). The third-order valence-corrected chi connectivity index (χ3v) is 2.73. The Morgan fingerprint density at radius 3 is 2.59 bits per heavy atom. The van der Waals surface area contributed by atoms with Crippen molar-refractivity contribution in [3.63, 3.8) is 0 Å². The maximum absolute atomic E-state index is 5.78. The molecule has 0 radical (unpaired) electrons. The van der Waals surface area contributed by atoms with Crippen LogP contribution in [-0.4, -0.2) is 11.6 Å². The number of ether oxygens (including phenoxy) is 1. The van der Waals surface area contributed by atoms with Crippen LogP contribution in [0.25, 0.3) is 0 Å². The largest absolute Gasteiger partial charge is 0.478 e. The molecule has 96 valence electrons. The van der Waals surface area contributed by atoms with Gasteiger partial charge in [0.2, 0.25) is 5.88 Å². The Hall–Kier alpha value is -0.960. The topological polar surface area (TPSA) is 48.1 Å². The molecule has 1 aromatic heterocycles. The second kappa shape index (κ2) is 8.18. The molecule has 1 aromatic rings. The Bertz CT molecular complexity index is 311. The number of rotatable bonds is 8. The average molecular weight is 257 g/mol. The van der Waals surface area contributed by atoms with Crippen LogP contribution in [0, 0.1) is 0 Å². The molecule has 4 heteroatoms. The fourth-order valence-electron chi connectivity index (χ4n) is 1.62. The standard InChI is InChI=1S/C13H21ClN2O/c1-2-3-4-5-6-7-8-17-13-10-11(15)9-12(14)16-13/h9-10H,2-8H2,1H3,(H2,15,16). The fourth-order valence-corrected chi connectivity index (χ4v) is 1.83. The number of halogens is 1. The molecule has 0 atom stereocenters. The van der Waals surface area contributed by atoms with Crippen LogP contribution in [0.5, 0.6) is 5.88 Å². The van der Waals surface area contributed by atoms with E-state index in [1.165, 1.54) is 32.1 Å². The molecule has 0 fully saturated rings. The number of hydrogen-bond donors (Lipinski definition) is 1. The predicted molar refractivity (Wildman–Crippen MR) is 72.5 cm³/mol. The molecule has 2 N–H and O–H groups in total. The molecule has 0 aliphatic heterocycles. The van der Waals surface area contributed by atoms with Crippen LogP contribution in [0.2, 0.25) is 5.15 Å². The van der Waals surface area contributed by atoms with Gasteiger partial charge in [0, 0.05) is 11.8 Å². The molecule has 17 heavy (non-hydrogen) atoms. The van der Waals surface area contributed by atoms with Gasteiger partial charge in [0.25, 0.3) is 0 Å². The molecule has 0 aliphatic rings. The summed E-state index contributed by atoms with van der Waals surface area (Å²) in [5.41, 5.74) is 6.23. The van der Waals surface area contributed by atoms with Gasteiger partial charge in [-0.3, -0.25) is 0 Å². The molecular formula is C13H21ClN2O. The highest BCUT2D eigenvalue weighted by Gasteiger charge is 1.99. The first-order valence-electron chi connectivity index (χ1n) is 6.28. The lowest BCUT2D eigenvalue weighted by Crippen LogP contribution is -2.00. The van der Waals surface area contributed by atoms with Crippen LogP contribution in [0.15, 0.2) is 12.1 Å². The van der Waals surface area contributed by atoms with Gasteiger partial charge in [-0.05, 0) is 12.5 Å². The minimum absolute atomic E-state index is 0.378. The van der Waals surface area contributed by atoms with E-state index in [-0.39, 0.29) is 0 Å². The summed E-state index contributed by atoms with van der Waals surface area (Å²) in [4.78, 5) is 4.04. The second-order valence-electron chi connectivity index (χ2n) is 4.18. The van der Waals surface area contributed by atoms with Crippen LogP contribution in [0.3, 0.4) is 0 Å². The van der Waals surface area contributed by atoms with E-state index in [1.54, 1.807) is 12.1 Å². The monoisotopic (exact) mass is 256 g/mol. The molecule has 0 amide bonds. The van der Waals surface area contributed by atoms with E-state index < -0.39 is 0 Å². The summed E-state index contributed by atoms with van der Waals surface area (Å²) < 4.78 is 5.50. The van der Waals surface area contributed by atoms with Crippen molar-refractivity contribution >= 4 is 17.3 Å². The number of nitrogen functional groups attached to an aromatic ring is 1. The van der Waals surface area contributed by atoms with E-state index in [1.807, 2.05) is 0 Å². The maximum atomic E-state index is 5.78. The zero-order chi connectivity index (χ0) is 12.5. The molecule has 3 nitrogen and oxygen atoms in total. The highest BCUT2D eigenvalue weighted by molar-refractivity contribution is 6.29. The Labute approximate surface area is 108 Å². The summed E-state index contributed by atoms with van der Waals surface area (Å²) in [6.45, 7) is 2.90. The highest BCUT2D eigenvalue weighted by atomic mass is 35.5. The van der Waals surface area contributed by atoms with Crippen LogP contribution in [0.4, 0.5) is 5.69 Å². The third kappa shape index (κ3) is 6.37. The highest BCUT2D eigenvalue weighted by Crippen LogP contribution is 2.18. The average Bonchev–Trinajstić information content (AvgIpc) is 2.26. The molecule has 0 spiro atoms. The normalized spacial score (nSPS) is 10.5. The predicted octanol–water partition coefficient (Wildman–Crippen LogP) is 4.06.